The molecule has 0 bridgehead atoms. The maximum absolute atomic E-state index is 5.66. The standard InChI is InChI=1S/C10H15ClN2O/c1-7-4-13(5-8(7)2)10-12-9(3-11)6-14-10/h6-8H,3-5H2,1-2H3. The van der Waals surface area contributed by atoms with E-state index in [9.17, 15) is 0 Å². The van der Waals surface area contributed by atoms with E-state index in [1.807, 2.05) is 0 Å². The first-order chi connectivity index (χ1) is 6.70. The second kappa shape index (κ2) is 3.81. The number of halogens is 1. The van der Waals surface area contributed by atoms with Crippen LogP contribution in [0.1, 0.15) is 19.5 Å². The molecule has 4 heteroatoms. The van der Waals surface area contributed by atoms with Crippen LogP contribution in [0.2, 0.25) is 0 Å². The smallest absolute Gasteiger partial charge is 0.297 e. The number of anilines is 1. The number of alkyl halides is 1. The summed E-state index contributed by atoms with van der Waals surface area (Å²) in [5, 5.41) is 0. The number of hydrogen-bond acceptors (Lipinski definition) is 3. The SMILES string of the molecule is CC1CN(c2nc(CCl)co2)CC1C. The van der Waals surface area contributed by atoms with E-state index in [1.54, 1.807) is 6.26 Å². The largest absolute Gasteiger partial charge is 0.432 e. The first-order valence-electron chi connectivity index (χ1n) is 4.96. The fourth-order valence-corrected chi connectivity index (χ4v) is 1.91. The Kier molecular flexibility index (Phi) is 2.68. The van der Waals surface area contributed by atoms with Gasteiger partial charge in [-0.3, -0.25) is 0 Å². The Labute approximate surface area is 89.1 Å². The second-order valence-corrected chi connectivity index (χ2v) is 4.38. The molecule has 0 amide bonds. The fraction of sp³-hybridized carbons (Fsp3) is 0.700. The van der Waals surface area contributed by atoms with Gasteiger partial charge in [-0.2, -0.15) is 4.98 Å². The zero-order valence-electron chi connectivity index (χ0n) is 8.53. The van der Waals surface area contributed by atoms with Gasteiger partial charge < -0.3 is 9.32 Å². The molecule has 2 unspecified atom stereocenters. The van der Waals surface area contributed by atoms with Crippen LogP contribution in [0.15, 0.2) is 10.7 Å². The zero-order valence-corrected chi connectivity index (χ0v) is 9.29. The maximum atomic E-state index is 5.66. The van der Waals surface area contributed by atoms with E-state index in [1.165, 1.54) is 0 Å². The van der Waals surface area contributed by atoms with Gasteiger partial charge >= 0.3 is 0 Å². The number of rotatable bonds is 2. The predicted molar refractivity (Wildman–Crippen MR) is 56.6 cm³/mol. The van der Waals surface area contributed by atoms with E-state index < -0.39 is 0 Å². The Balaban J connectivity index is 2.09. The molecule has 1 fully saturated rings. The highest BCUT2D eigenvalue weighted by molar-refractivity contribution is 6.16. The first-order valence-corrected chi connectivity index (χ1v) is 5.49. The third kappa shape index (κ3) is 1.73. The van der Waals surface area contributed by atoms with Crippen molar-refractivity contribution < 1.29 is 4.42 Å². The van der Waals surface area contributed by atoms with Crippen LogP contribution < -0.4 is 4.90 Å². The average molecular weight is 215 g/mol. The molecule has 14 heavy (non-hydrogen) atoms. The monoisotopic (exact) mass is 214 g/mol. The second-order valence-electron chi connectivity index (χ2n) is 4.11. The molecule has 1 aromatic heterocycles. The van der Waals surface area contributed by atoms with Gasteiger partial charge in [0.1, 0.15) is 6.26 Å². The maximum Gasteiger partial charge on any atom is 0.297 e. The first kappa shape index (κ1) is 9.84. The molecule has 0 saturated carbocycles. The van der Waals surface area contributed by atoms with E-state index in [2.05, 4.69) is 23.7 Å². The molecule has 0 spiro atoms. The molecule has 0 aliphatic carbocycles. The number of oxazole rings is 1. The average Bonchev–Trinajstić information content (AvgIpc) is 2.74. The summed E-state index contributed by atoms with van der Waals surface area (Å²) >= 11 is 5.66. The molecule has 1 aliphatic heterocycles. The van der Waals surface area contributed by atoms with Gasteiger partial charge in [0.05, 0.1) is 11.6 Å². The Morgan fingerprint density at radius 3 is 2.64 bits per heavy atom. The summed E-state index contributed by atoms with van der Waals surface area (Å²) in [5.74, 6) is 1.84. The highest BCUT2D eigenvalue weighted by atomic mass is 35.5. The topological polar surface area (TPSA) is 29.3 Å². The molecule has 2 heterocycles. The summed E-state index contributed by atoms with van der Waals surface area (Å²) in [6, 6.07) is 0.719. The van der Waals surface area contributed by atoms with Crippen LogP contribution in [0, 0.1) is 11.8 Å². The molecule has 0 N–H and O–H groups in total. The van der Waals surface area contributed by atoms with E-state index >= 15 is 0 Å². The van der Waals surface area contributed by atoms with Crippen LogP contribution in [0.25, 0.3) is 0 Å². The molecule has 2 atom stereocenters. The van der Waals surface area contributed by atoms with Gasteiger partial charge in [-0.25, -0.2) is 0 Å². The highest BCUT2D eigenvalue weighted by Crippen LogP contribution is 2.27. The molecule has 78 valence electrons. The molecule has 2 rings (SSSR count). The van der Waals surface area contributed by atoms with Crippen molar-refractivity contribution in [1.29, 1.82) is 0 Å². The Morgan fingerprint density at radius 1 is 1.50 bits per heavy atom. The van der Waals surface area contributed by atoms with Crippen molar-refractivity contribution >= 4 is 17.6 Å². The molecule has 0 aromatic carbocycles. The summed E-state index contributed by atoms with van der Waals surface area (Å²) in [6.07, 6.45) is 1.63. The number of hydrogen-bond donors (Lipinski definition) is 0. The minimum atomic E-state index is 0.419. The Hall–Kier alpha value is -0.700. The molecule has 1 aromatic rings. The van der Waals surface area contributed by atoms with Gasteiger partial charge in [-0.15, -0.1) is 11.6 Å². The summed E-state index contributed by atoms with van der Waals surface area (Å²) < 4.78 is 5.37. The highest BCUT2D eigenvalue weighted by Gasteiger charge is 2.28. The summed E-state index contributed by atoms with van der Waals surface area (Å²) in [6.45, 7) is 6.58. The van der Waals surface area contributed by atoms with Gasteiger partial charge in [0.2, 0.25) is 0 Å². The molecular formula is C10H15ClN2O. The van der Waals surface area contributed by atoms with Crippen molar-refractivity contribution in [3.63, 3.8) is 0 Å². The molecule has 0 radical (unpaired) electrons. The summed E-state index contributed by atoms with van der Waals surface area (Å²) in [5.41, 5.74) is 0.814. The fourth-order valence-electron chi connectivity index (χ4n) is 1.79. The van der Waals surface area contributed by atoms with E-state index in [0.717, 1.165) is 24.8 Å². The van der Waals surface area contributed by atoms with Crippen LogP contribution in [0.5, 0.6) is 0 Å². The lowest BCUT2D eigenvalue weighted by Crippen LogP contribution is -2.19. The van der Waals surface area contributed by atoms with Crippen LogP contribution in [-0.4, -0.2) is 18.1 Å². The quantitative estimate of drug-likeness (QED) is 0.709. The molecule has 3 nitrogen and oxygen atoms in total. The van der Waals surface area contributed by atoms with Gasteiger partial charge in [0, 0.05) is 13.1 Å². The Morgan fingerprint density at radius 2 is 2.14 bits per heavy atom. The van der Waals surface area contributed by atoms with E-state index in [0.29, 0.717) is 17.7 Å². The van der Waals surface area contributed by atoms with Gasteiger partial charge in [-0.1, -0.05) is 13.8 Å². The van der Waals surface area contributed by atoms with Crippen LogP contribution in [0.4, 0.5) is 6.01 Å². The third-order valence-electron chi connectivity index (χ3n) is 2.94. The lowest BCUT2D eigenvalue weighted by Gasteiger charge is -2.11. The van der Waals surface area contributed by atoms with Crippen LogP contribution in [0.3, 0.4) is 0 Å². The normalized spacial score (nSPS) is 27.2. The minimum absolute atomic E-state index is 0.419. The van der Waals surface area contributed by atoms with Gasteiger partial charge in [-0.05, 0) is 11.8 Å². The molecule has 1 aliphatic rings. The number of nitrogens with zero attached hydrogens (tertiary/aromatic N) is 2. The number of aromatic nitrogens is 1. The minimum Gasteiger partial charge on any atom is -0.432 e. The van der Waals surface area contributed by atoms with Crippen LogP contribution >= 0.6 is 11.6 Å². The van der Waals surface area contributed by atoms with Crippen molar-refractivity contribution in [3.8, 4) is 0 Å². The van der Waals surface area contributed by atoms with Crippen molar-refractivity contribution in [2.75, 3.05) is 18.0 Å². The van der Waals surface area contributed by atoms with Gasteiger partial charge in [0.25, 0.3) is 6.01 Å². The van der Waals surface area contributed by atoms with E-state index in [-0.39, 0.29) is 0 Å². The van der Waals surface area contributed by atoms with Crippen LogP contribution in [-0.2, 0) is 5.88 Å². The third-order valence-corrected chi connectivity index (χ3v) is 3.21. The van der Waals surface area contributed by atoms with Gasteiger partial charge in [0.15, 0.2) is 0 Å². The zero-order chi connectivity index (χ0) is 10.1. The van der Waals surface area contributed by atoms with Crippen molar-refractivity contribution in [3.05, 3.63) is 12.0 Å². The molecule has 1 saturated heterocycles. The lowest BCUT2D eigenvalue weighted by molar-refractivity contribution is 0.494. The summed E-state index contributed by atoms with van der Waals surface area (Å²) in [7, 11) is 0. The van der Waals surface area contributed by atoms with Crippen molar-refractivity contribution in [2.45, 2.75) is 19.7 Å². The summed E-state index contributed by atoms with van der Waals surface area (Å²) in [4.78, 5) is 6.49. The predicted octanol–water partition coefficient (Wildman–Crippen LogP) is 2.51. The van der Waals surface area contributed by atoms with Crippen molar-refractivity contribution in [2.24, 2.45) is 11.8 Å². The lowest BCUT2D eigenvalue weighted by atomic mass is 10.0. The molecular weight excluding hydrogens is 200 g/mol. The van der Waals surface area contributed by atoms with E-state index in [4.69, 9.17) is 16.0 Å². The Bertz CT molecular complexity index is 303. The van der Waals surface area contributed by atoms with Crippen molar-refractivity contribution in [1.82, 2.24) is 4.98 Å².